The molecule has 0 bridgehead atoms. The maximum atomic E-state index is 13.6. The van der Waals surface area contributed by atoms with Crippen LogP contribution >= 0.6 is 0 Å². The molecule has 0 fully saturated rings. The van der Waals surface area contributed by atoms with Crippen molar-refractivity contribution in [2.24, 2.45) is 0 Å². The summed E-state index contributed by atoms with van der Waals surface area (Å²) in [4.78, 5) is 0. The molecule has 0 saturated heterocycles. The van der Waals surface area contributed by atoms with E-state index in [2.05, 4.69) is 5.32 Å². The predicted octanol–water partition coefficient (Wildman–Crippen LogP) is 5.07. The van der Waals surface area contributed by atoms with Crippen LogP contribution in [0.3, 0.4) is 0 Å². The average molecular weight is 301 g/mol. The van der Waals surface area contributed by atoms with Gasteiger partial charge in [-0.15, -0.1) is 0 Å². The molecule has 21 heavy (non-hydrogen) atoms. The second-order valence-electron chi connectivity index (χ2n) is 4.53. The lowest BCUT2D eigenvalue weighted by Crippen LogP contribution is -2.20. The van der Waals surface area contributed by atoms with Gasteiger partial charge in [0.25, 0.3) is 0 Å². The van der Waals surface area contributed by atoms with Crippen molar-refractivity contribution >= 4 is 5.69 Å². The Balaban J connectivity index is 2.30. The minimum absolute atomic E-state index is 0.298. The molecule has 2 rings (SSSR count). The third-order valence-corrected chi connectivity index (χ3v) is 2.92. The molecule has 0 aliphatic carbocycles. The van der Waals surface area contributed by atoms with Gasteiger partial charge in [-0.05, 0) is 17.7 Å². The summed E-state index contributed by atoms with van der Waals surface area (Å²) in [5.74, 6) is -2.31. The van der Waals surface area contributed by atoms with Gasteiger partial charge in [-0.2, -0.15) is 13.2 Å². The molecule has 0 radical (unpaired) electrons. The molecular weight excluding hydrogens is 289 g/mol. The standard InChI is InChI=1S/C15H12F5N/c16-11-7-4-8-12(14(11)17)21-13(9-15(18,19)20)10-5-2-1-3-6-10/h1-8,13,21H,9H2. The Kier molecular flexibility index (Phi) is 4.45. The summed E-state index contributed by atoms with van der Waals surface area (Å²) in [6, 6.07) is 9.98. The van der Waals surface area contributed by atoms with Crippen molar-refractivity contribution in [1.82, 2.24) is 0 Å². The van der Waals surface area contributed by atoms with Gasteiger partial charge in [-0.1, -0.05) is 36.4 Å². The monoisotopic (exact) mass is 301 g/mol. The van der Waals surface area contributed by atoms with Gasteiger partial charge >= 0.3 is 6.18 Å². The van der Waals surface area contributed by atoms with E-state index in [1.54, 1.807) is 18.2 Å². The van der Waals surface area contributed by atoms with Crippen molar-refractivity contribution in [3.63, 3.8) is 0 Å². The van der Waals surface area contributed by atoms with Crippen LogP contribution in [-0.2, 0) is 0 Å². The maximum absolute atomic E-state index is 13.6. The molecule has 0 amide bonds. The van der Waals surface area contributed by atoms with E-state index in [0.717, 1.165) is 6.07 Å². The Morgan fingerprint density at radius 2 is 1.57 bits per heavy atom. The Morgan fingerprint density at radius 1 is 0.905 bits per heavy atom. The number of halogens is 5. The van der Waals surface area contributed by atoms with Crippen LogP contribution in [0.15, 0.2) is 48.5 Å². The van der Waals surface area contributed by atoms with E-state index in [1.807, 2.05) is 0 Å². The van der Waals surface area contributed by atoms with Gasteiger partial charge in [-0.25, -0.2) is 8.78 Å². The lowest BCUT2D eigenvalue weighted by molar-refractivity contribution is -0.137. The van der Waals surface area contributed by atoms with Crippen LogP contribution in [0.1, 0.15) is 18.0 Å². The highest BCUT2D eigenvalue weighted by atomic mass is 19.4. The van der Waals surface area contributed by atoms with E-state index in [0.29, 0.717) is 5.56 Å². The summed E-state index contributed by atoms with van der Waals surface area (Å²) in [6.07, 6.45) is -5.62. The first-order chi connectivity index (χ1) is 9.87. The predicted molar refractivity (Wildman–Crippen MR) is 69.8 cm³/mol. The summed E-state index contributed by atoms with van der Waals surface area (Å²) >= 11 is 0. The molecule has 0 heterocycles. The maximum Gasteiger partial charge on any atom is 0.391 e. The Labute approximate surface area is 118 Å². The Hall–Kier alpha value is -2.11. The van der Waals surface area contributed by atoms with Crippen LogP contribution in [-0.4, -0.2) is 6.18 Å². The summed E-state index contributed by atoms with van der Waals surface area (Å²) < 4.78 is 64.7. The Bertz CT molecular complexity index is 595. The molecule has 2 aromatic carbocycles. The van der Waals surface area contributed by atoms with Crippen molar-refractivity contribution < 1.29 is 22.0 Å². The molecule has 1 nitrogen and oxygen atoms in total. The summed E-state index contributed by atoms with van der Waals surface area (Å²) in [5.41, 5.74) is 0.0478. The molecule has 1 N–H and O–H groups in total. The van der Waals surface area contributed by atoms with E-state index >= 15 is 0 Å². The normalized spacial score (nSPS) is 13.0. The molecule has 0 aliphatic rings. The third kappa shape index (κ3) is 4.18. The summed E-state index contributed by atoms with van der Waals surface area (Å²) in [5, 5.41) is 2.43. The van der Waals surface area contributed by atoms with Crippen LogP contribution in [0.25, 0.3) is 0 Å². The lowest BCUT2D eigenvalue weighted by Gasteiger charge is -2.22. The van der Waals surface area contributed by atoms with E-state index in [4.69, 9.17) is 0 Å². The first-order valence-corrected chi connectivity index (χ1v) is 6.19. The van der Waals surface area contributed by atoms with Crippen LogP contribution in [0.4, 0.5) is 27.6 Å². The fourth-order valence-corrected chi connectivity index (χ4v) is 1.97. The highest BCUT2D eigenvalue weighted by Crippen LogP contribution is 2.33. The van der Waals surface area contributed by atoms with Gasteiger partial charge in [0.15, 0.2) is 11.6 Å². The Morgan fingerprint density at radius 3 is 2.19 bits per heavy atom. The molecule has 2 aromatic rings. The molecular formula is C15H12F5N. The van der Waals surface area contributed by atoms with E-state index in [1.165, 1.54) is 24.3 Å². The fourth-order valence-electron chi connectivity index (χ4n) is 1.97. The van der Waals surface area contributed by atoms with Crippen LogP contribution in [0.2, 0.25) is 0 Å². The molecule has 112 valence electrons. The highest BCUT2D eigenvalue weighted by Gasteiger charge is 2.33. The van der Waals surface area contributed by atoms with E-state index in [-0.39, 0.29) is 5.69 Å². The SMILES string of the molecule is Fc1cccc(NC(CC(F)(F)F)c2ccccc2)c1F. The quantitative estimate of drug-likeness (QED) is 0.777. The van der Waals surface area contributed by atoms with Crippen molar-refractivity contribution in [2.45, 2.75) is 18.6 Å². The number of benzene rings is 2. The number of hydrogen-bond donors (Lipinski definition) is 1. The zero-order valence-corrected chi connectivity index (χ0v) is 10.8. The molecule has 1 unspecified atom stereocenters. The van der Waals surface area contributed by atoms with Gasteiger partial charge in [0.05, 0.1) is 18.2 Å². The van der Waals surface area contributed by atoms with Gasteiger partial charge in [0, 0.05) is 0 Å². The van der Waals surface area contributed by atoms with Crippen LogP contribution < -0.4 is 5.32 Å². The number of hydrogen-bond acceptors (Lipinski definition) is 1. The molecule has 1 atom stereocenters. The minimum Gasteiger partial charge on any atom is -0.375 e. The van der Waals surface area contributed by atoms with Crippen LogP contribution in [0.5, 0.6) is 0 Å². The molecule has 0 saturated carbocycles. The fraction of sp³-hybridized carbons (Fsp3) is 0.200. The lowest BCUT2D eigenvalue weighted by atomic mass is 10.0. The zero-order chi connectivity index (χ0) is 15.5. The topological polar surface area (TPSA) is 12.0 Å². The second kappa shape index (κ2) is 6.11. The number of anilines is 1. The van der Waals surface area contributed by atoms with Gasteiger partial charge in [0.1, 0.15) is 0 Å². The van der Waals surface area contributed by atoms with Crippen LogP contribution in [0, 0.1) is 11.6 Å². The molecule has 0 aliphatic heterocycles. The van der Waals surface area contributed by atoms with Crippen molar-refractivity contribution in [3.8, 4) is 0 Å². The highest BCUT2D eigenvalue weighted by molar-refractivity contribution is 5.47. The van der Waals surface area contributed by atoms with Gasteiger partial charge in [-0.3, -0.25) is 0 Å². The smallest absolute Gasteiger partial charge is 0.375 e. The second-order valence-corrected chi connectivity index (χ2v) is 4.53. The summed E-state index contributed by atoms with van der Waals surface area (Å²) in [7, 11) is 0. The first-order valence-electron chi connectivity index (χ1n) is 6.19. The average Bonchev–Trinajstić information content (AvgIpc) is 2.42. The third-order valence-electron chi connectivity index (χ3n) is 2.92. The number of nitrogens with one attached hydrogen (secondary N) is 1. The van der Waals surface area contributed by atoms with Gasteiger partial charge < -0.3 is 5.32 Å². The molecule has 0 aromatic heterocycles. The first kappa shape index (κ1) is 15.3. The van der Waals surface area contributed by atoms with E-state index < -0.39 is 30.3 Å². The van der Waals surface area contributed by atoms with Gasteiger partial charge in [0.2, 0.25) is 0 Å². The summed E-state index contributed by atoms with van der Waals surface area (Å²) in [6.45, 7) is 0. The number of alkyl halides is 3. The molecule has 6 heteroatoms. The van der Waals surface area contributed by atoms with Crippen molar-refractivity contribution in [1.29, 1.82) is 0 Å². The van der Waals surface area contributed by atoms with Crippen molar-refractivity contribution in [2.75, 3.05) is 5.32 Å². The van der Waals surface area contributed by atoms with Crippen molar-refractivity contribution in [3.05, 3.63) is 65.7 Å². The van der Waals surface area contributed by atoms with E-state index in [9.17, 15) is 22.0 Å². The number of rotatable bonds is 4. The largest absolute Gasteiger partial charge is 0.391 e. The molecule has 0 spiro atoms. The minimum atomic E-state index is -4.43. The zero-order valence-electron chi connectivity index (χ0n) is 10.8.